The molecule has 1 aromatic heterocycles. The van der Waals surface area contributed by atoms with E-state index in [0.717, 1.165) is 25.3 Å². The summed E-state index contributed by atoms with van der Waals surface area (Å²) in [6.45, 7) is 2.42. The van der Waals surface area contributed by atoms with Gasteiger partial charge in [0, 0.05) is 26.2 Å². The van der Waals surface area contributed by atoms with Gasteiger partial charge < -0.3 is 4.74 Å². The predicted octanol–water partition coefficient (Wildman–Crippen LogP) is 0.962. The van der Waals surface area contributed by atoms with Crippen LogP contribution in [0, 0.1) is 0 Å². The second-order valence-electron chi connectivity index (χ2n) is 4.44. The first-order chi connectivity index (χ1) is 8.76. The fourth-order valence-corrected chi connectivity index (χ4v) is 2.80. The fourth-order valence-electron chi connectivity index (χ4n) is 1.98. The quantitative estimate of drug-likeness (QED) is 0.439. The summed E-state index contributed by atoms with van der Waals surface area (Å²) in [6, 6.07) is 2.64. The van der Waals surface area contributed by atoms with Crippen molar-refractivity contribution in [2.24, 2.45) is 5.84 Å². The van der Waals surface area contributed by atoms with Crippen LogP contribution in [0.2, 0.25) is 0 Å². The summed E-state index contributed by atoms with van der Waals surface area (Å²) in [7, 11) is 1.71. The molecule has 100 valence electrons. The Kier molecular flexibility index (Phi) is 4.71. The van der Waals surface area contributed by atoms with Gasteiger partial charge in [0.25, 0.3) is 5.91 Å². The van der Waals surface area contributed by atoms with Crippen molar-refractivity contribution in [1.82, 2.24) is 10.3 Å². The lowest BCUT2D eigenvalue weighted by Gasteiger charge is -2.21. The standard InChI is InChI=1S/C12H19N3O2S/c1-17-6-5-15(10-2-3-10)8-9-4-7-18-11(9)12(16)14-13/h4,7,10H,2-3,5-6,8,13H2,1H3,(H,14,16). The summed E-state index contributed by atoms with van der Waals surface area (Å²) in [4.78, 5) is 14.7. The minimum absolute atomic E-state index is 0.206. The number of carbonyl (C=O) groups is 1. The van der Waals surface area contributed by atoms with Crippen molar-refractivity contribution in [1.29, 1.82) is 0 Å². The van der Waals surface area contributed by atoms with E-state index < -0.39 is 0 Å². The van der Waals surface area contributed by atoms with Crippen molar-refractivity contribution in [3.63, 3.8) is 0 Å². The molecule has 0 aliphatic heterocycles. The average Bonchev–Trinajstić information content (AvgIpc) is 3.13. The Balaban J connectivity index is 2.01. The van der Waals surface area contributed by atoms with Gasteiger partial charge in [-0.1, -0.05) is 0 Å². The number of nitrogens with one attached hydrogen (secondary N) is 1. The van der Waals surface area contributed by atoms with E-state index >= 15 is 0 Å². The number of hydrogen-bond donors (Lipinski definition) is 2. The lowest BCUT2D eigenvalue weighted by molar-refractivity contribution is 0.0954. The van der Waals surface area contributed by atoms with E-state index in [1.165, 1.54) is 24.2 Å². The molecule has 0 bridgehead atoms. The molecule has 0 radical (unpaired) electrons. The maximum atomic E-state index is 11.6. The first-order valence-corrected chi connectivity index (χ1v) is 6.94. The summed E-state index contributed by atoms with van der Waals surface area (Å²) in [5.74, 6) is 4.98. The highest BCUT2D eigenvalue weighted by Gasteiger charge is 2.29. The van der Waals surface area contributed by atoms with Gasteiger partial charge in [0.05, 0.1) is 11.5 Å². The largest absolute Gasteiger partial charge is 0.383 e. The molecular formula is C12H19N3O2S. The van der Waals surface area contributed by atoms with Gasteiger partial charge >= 0.3 is 0 Å². The van der Waals surface area contributed by atoms with Crippen molar-refractivity contribution in [2.75, 3.05) is 20.3 Å². The third-order valence-electron chi connectivity index (χ3n) is 3.10. The van der Waals surface area contributed by atoms with Gasteiger partial charge in [-0.2, -0.15) is 0 Å². The number of hydrogen-bond acceptors (Lipinski definition) is 5. The molecule has 18 heavy (non-hydrogen) atoms. The Morgan fingerprint density at radius 3 is 3.06 bits per heavy atom. The van der Waals surface area contributed by atoms with Gasteiger partial charge in [-0.05, 0) is 29.9 Å². The molecule has 0 atom stereocenters. The number of nitrogens with zero attached hydrogens (tertiary/aromatic N) is 1. The zero-order valence-corrected chi connectivity index (χ0v) is 11.3. The van der Waals surface area contributed by atoms with Crippen LogP contribution in [0.1, 0.15) is 28.1 Å². The van der Waals surface area contributed by atoms with Crippen LogP contribution in [0.3, 0.4) is 0 Å². The van der Waals surface area contributed by atoms with Crippen LogP contribution in [0.4, 0.5) is 0 Å². The highest BCUT2D eigenvalue weighted by molar-refractivity contribution is 7.12. The van der Waals surface area contributed by atoms with Crippen LogP contribution in [-0.2, 0) is 11.3 Å². The highest BCUT2D eigenvalue weighted by atomic mass is 32.1. The van der Waals surface area contributed by atoms with E-state index in [0.29, 0.717) is 10.9 Å². The molecule has 0 saturated heterocycles. The maximum absolute atomic E-state index is 11.6. The van der Waals surface area contributed by atoms with Gasteiger partial charge in [0.15, 0.2) is 0 Å². The molecule has 1 aliphatic rings. The molecule has 2 rings (SSSR count). The molecule has 3 N–H and O–H groups in total. The normalized spacial score (nSPS) is 15.1. The number of thiophene rings is 1. The third-order valence-corrected chi connectivity index (χ3v) is 4.06. The second-order valence-corrected chi connectivity index (χ2v) is 5.36. The lowest BCUT2D eigenvalue weighted by atomic mass is 10.2. The Bertz CT molecular complexity index is 404. The van der Waals surface area contributed by atoms with Crippen molar-refractivity contribution < 1.29 is 9.53 Å². The molecule has 0 unspecified atom stereocenters. The Morgan fingerprint density at radius 1 is 1.67 bits per heavy atom. The minimum Gasteiger partial charge on any atom is -0.383 e. The Hall–Kier alpha value is -0.950. The topological polar surface area (TPSA) is 67.6 Å². The van der Waals surface area contributed by atoms with Crippen LogP contribution in [0.5, 0.6) is 0 Å². The summed E-state index contributed by atoms with van der Waals surface area (Å²) in [5.41, 5.74) is 3.24. The number of nitrogens with two attached hydrogens (primary N) is 1. The molecular weight excluding hydrogens is 250 g/mol. The van der Waals surface area contributed by atoms with E-state index in [1.807, 2.05) is 11.4 Å². The van der Waals surface area contributed by atoms with Gasteiger partial charge in [0.1, 0.15) is 0 Å². The number of methoxy groups -OCH3 is 1. The number of carbonyl (C=O) groups excluding carboxylic acids is 1. The molecule has 1 amide bonds. The number of ether oxygens (including phenoxy) is 1. The van der Waals surface area contributed by atoms with Gasteiger partial charge in [0.2, 0.25) is 0 Å². The van der Waals surface area contributed by atoms with E-state index in [2.05, 4.69) is 10.3 Å². The average molecular weight is 269 g/mol. The SMILES string of the molecule is COCCN(Cc1ccsc1C(=O)NN)C1CC1. The molecule has 1 saturated carbocycles. The van der Waals surface area contributed by atoms with Gasteiger partial charge in [-0.3, -0.25) is 15.1 Å². The van der Waals surface area contributed by atoms with Crippen LogP contribution in [-0.4, -0.2) is 37.1 Å². The molecule has 0 aromatic carbocycles. The monoisotopic (exact) mass is 269 g/mol. The highest BCUT2D eigenvalue weighted by Crippen LogP contribution is 2.29. The summed E-state index contributed by atoms with van der Waals surface area (Å²) in [5, 5.41) is 1.93. The van der Waals surface area contributed by atoms with E-state index in [1.54, 1.807) is 7.11 Å². The van der Waals surface area contributed by atoms with Crippen LogP contribution in [0.15, 0.2) is 11.4 Å². The molecule has 1 heterocycles. The first-order valence-electron chi connectivity index (χ1n) is 6.06. The molecule has 0 spiro atoms. The summed E-state index contributed by atoms with van der Waals surface area (Å²) < 4.78 is 5.13. The van der Waals surface area contributed by atoms with Crippen LogP contribution >= 0.6 is 11.3 Å². The number of nitrogen functional groups attached to an aromatic ring is 1. The van der Waals surface area contributed by atoms with Crippen molar-refractivity contribution in [3.8, 4) is 0 Å². The molecule has 1 fully saturated rings. The van der Waals surface area contributed by atoms with Crippen molar-refractivity contribution in [2.45, 2.75) is 25.4 Å². The minimum atomic E-state index is -0.206. The Morgan fingerprint density at radius 2 is 2.44 bits per heavy atom. The smallest absolute Gasteiger partial charge is 0.275 e. The zero-order chi connectivity index (χ0) is 13.0. The number of rotatable bonds is 7. The van der Waals surface area contributed by atoms with E-state index in [4.69, 9.17) is 10.6 Å². The van der Waals surface area contributed by atoms with Gasteiger partial charge in [-0.25, -0.2) is 5.84 Å². The van der Waals surface area contributed by atoms with Crippen LogP contribution < -0.4 is 11.3 Å². The summed E-state index contributed by atoms with van der Waals surface area (Å²) in [6.07, 6.45) is 2.48. The van der Waals surface area contributed by atoms with Gasteiger partial charge in [-0.15, -0.1) is 11.3 Å². The number of hydrazine groups is 1. The maximum Gasteiger partial charge on any atom is 0.275 e. The van der Waals surface area contributed by atoms with Crippen LogP contribution in [0.25, 0.3) is 0 Å². The molecule has 1 aliphatic carbocycles. The summed E-state index contributed by atoms with van der Waals surface area (Å²) >= 11 is 1.43. The van der Waals surface area contributed by atoms with E-state index in [9.17, 15) is 4.79 Å². The second kappa shape index (κ2) is 6.29. The predicted molar refractivity (Wildman–Crippen MR) is 71.3 cm³/mol. The van der Waals surface area contributed by atoms with Crippen molar-refractivity contribution in [3.05, 3.63) is 21.9 Å². The molecule has 5 nitrogen and oxygen atoms in total. The molecule has 6 heteroatoms. The molecule has 1 aromatic rings. The lowest BCUT2D eigenvalue weighted by Crippen LogP contribution is -2.32. The first kappa shape index (κ1) is 13.5. The fraction of sp³-hybridized carbons (Fsp3) is 0.583. The van der Waals surface area contributed by atoms with Crippen molar-refractivity contribution >= 4 is 17.2 Å². The van der Waals surface area contributed by atoms with E-state index in [-0.39, 0.29) is 5.91 Å². The number of amides is 1. The Labute approximate surface area is 111 Å². The zero-order valence-electron chi connectivity index (χ0n) is 10.5. The third kappa shape index (κ3) is 3.29.